The molecule has 31 heavy (non-hydrogen) atoms. The zero-order valence-corrected chi connectivity index (χ0v) is 19.4. The molecule has 0 spiro atoms. The van der Waals surface area contributed by atoms with Gasteiger partial charge in [0.2, 0.25) is 0 Å². The molecule has 0 bridgehead atoms. The second-order valence-corrected chi connectivity index (χ2v) is 12.2. The van der Waals surface area contributed by atoms with E-state index < -0.39 is 10.9 Å². The van der Waals surface area contributed by atoms with Gasteiger partial charge in [-0.05, 0) is 60.7 Å². The zero-order valence-electron chi connectivity index (χ0n) is 18.6. The lowest BCUT2D eigenvalue weighted by atomic mass is 9.44. The summed E-state index contributed by atoms with van der Waals surface area (Å²) in [7, 11) is 0. The van der Waals surface area contributed by atoms with Crippen molar-refractivity contribution < 1.29 is 27.6 Å². The summed E-state index contributed by atoms with van der Waals surface area (Å²) in [5.41, 5.74) is -4.99. The summed E-state index contributed by atoms with van der Waals surface area (Å²) in [4.78, 5) is 39.0. The summed E-state index contributed by atoms with van der Waals surface area (Å²) >= 11 is 0.0138. The number of fused-ring (bicyclic) bond motifs is 5. The molecule has 0 aromatic carbocycles. The van der Waals surface area contributed by atoms with Gasteiger partial charge in [0.05, 0.1) is 0 Å². The molecule has 0 unspecified atom stereocenters. The maximum absolute atomic E-state index is 13.6. The van der Waals surface area contributed by atoms with E-state index in [1.165, 1.54) is 0 Å². The highest BCUT2D eigenvalue weighted by Crippen LogP contribution is 2.66. The van der Waals surface area contributed by atoms with Crippen LogP contribution in [0.15, 0.2) is 0 Å². The van der Waals surface area contributed by atoms with Crippen molar-refractivity contribution in [3.63, 3.8) is 0 Å². The monoisotopic (exact) mass is 458 g/mol. The van der Waals surface area contributed by atoms with Crippen molar-refractivity contribution in [2.75, 3.05) is 5.75 Å². The predicted molar refractivity (Wildman–Crippen MR) is 113 cm³/mol. The Morgan fingerprint density at radius 3 is 2.45 bits per heavy atom. The molecule has 174 valence electrons. The Bertz CT molecular complexity index is 781. The zero-order chi connectivity index (χ0) is 22.8. The van der Waals surface area contributed by atoms with Crippen molar-refractivity contribution in [2.45, 2.75) is 77.6 Å². The molecule has 0 radical (unpaired) electrons. The van der Waals surface area contributed by atoms with Crippen LogP contribution < -0.4 is 0 Å². The van der Waals surface area contributed by atoms with Crippen LogP contribution in [0.3, 0.4) is 0 Å². The van der Waals surface area contributed by atoms with Crippen LogP contribution in [-0.2, 0) is 14.4 Å². The van der Waals surface area contributed by atoms with Crippen LogP contribution in [0.2, 0.25) is 0 Å². The van der Waals surface area contributed by atoms with Crippen LogP contribution in [0.4, 0.5) is 13.2 Å². The summed E-state index contributed by atoms with van der Waals surface area (Å²) < 4.78 is 37.7. The largest absolute Gasteiger partial charge is 0.441 e. The van der Waals surface area contributed by atoms with Gasteiger partial charge in [-0.25, -0.2) is 0 Å². The van der Waals surface area contributed by atoms with E-state index in [-0.39, 0.29) is 75.8 Å². The molecular formula is C24H33F3O3S. The average molecular weight is 459 g/mol. The van der Waals surface area contributed by atoms with E-state index in [1.807, 2.05) is 13.8 Å². The number of Topliss-reactive ketones (excluding diaryl/α,β-unsaturated/α-hetero) is 3. The van der Waals surface area contributed by atoms with Crippen molar-refractivity contribution in [3.8, 4) is 0 Å². The van der Waals surface area contributed by atoms with Crippen molar-refractivity contribution in [1.29, 1.82) is 0 Å². The number of halogens is 3. The first-order chi connectivity index (χ1) is 14.4. The topological polar surface area (TPSA) is 51.2 Å². The number of alkyl halides is 3. The maximum Gasteiger partial charge on any atom is 0.441 e. The Hall–Kier alpha value is -0.850. The SMILES string of the molecule is C[C@H](CCSC(F)(F)F)[C@H]1CC[C@H]2[C@@H]3C(=O)C[C@@H]4CC(=O)CC[C@]4(C)[C@H]3CC(=O)[C@]12C. The molecule has 0 aromatic rings. The second-order valence-electron chi connectivity index (χ2n) is 11.0. The van der Waals surface area contributed by atoms with Crippen LogP contribution in [0.25, 0.3) is 0 Å². The Balaban J connectivity index is 1.56. The normalized spacial score (nSPS) is 43.9. The van der Waals surface area contributed by atoms with Gasteiger partial charge >= 0.3 is 5.51 Å². The van der Waals surface area contributed by atoms with Gasteiger partial charge in [-0.3, -0.25) is 14.4 Å². The highest BCUT2D eigenvalue weighted by atomic mass is 32.2. The Labute approximate surface area is 186 Å². The number of carbonyl (C=O) groups excluding carboxylic acids is 3. The van der Waals surface area contributed by atoms with Crippen molar-refractivity contribution in [2.24, 2.45) is 46.3 Å². The molecule has 4 aliphatic carbocycles. The van der Waals surface area contributed by atoms with Gasteiger partial charge in [0.15, 0.2) is 0 Å². The molecule has 7 heteroatoms. The summed E-state index contributed by atoms with van der Waals surface area (Å²) in [6.07, 6.45) is 4.60. The van der Waals surface area contributed by atoms with Crippen LogP contribution in [-0.4, -0.2) is 28.6 Å². The molecular weight excluding hydrogens is 425 g/mol. The van der Waals surface area contributed by atoms with E-state index in [1.54, 1.807) is 0 Å². The van der Waals surface area contributed by atoms with Gasteiger partial charge in [0.25, 0.3) is 0 Å². The molecule has 0 aliphatic heterocycles. The van der Waals surface area contributed by atoms with E-state index in [9.17, 15) is 27.6 Å². The van der Waals surface area contributed by atoms with E-state index >= 15 is 0 Å². The molecule has 0 saturated heterocycles. The summed E-state index contributed by atoms with van der Waals surface area (Å²) in [5, 5.41) is 0. The lowest BCUT2D eigenvalue weighted by Crippen LogP contribution is -2.60. The third-order valence-corrected chi connectivity index (χ3v) is 10.5. The molecule has 4 fully saturated rings. The molecule has 0 aromatic heterocycles. The van der Waals surface area contributed by atoms with Crippen LogP contribution in [0.5, 0.6) is 0 Å². The minimum atomic E-state index is -4.22. The predicted octanol–water partition coefficient (Wildman–Crippen LogP) is 5.85. The number of ketones is 3. The lowest BCUT2D eigenvalue weighted by molar-refractivity contribution is -0.166. The van der Waals surface area contributed by atoms with Gasteiger partial charge in [-0.2, -0.15) is 13.2 Å². The fourth-order valence-electron chi connectivity index (χ4n) is 7.95. The lowest BCUT2D eigenvalue weighted by Gasteiger charge is -2.58. The Morgan fingerprint density at radius 1 is 1.06 bits per heavy atom. The number of hydrogen-bond acceptors (Lipinski definition) is 4. The quantitative estimate of drug-likeness (QED) is 0.530. The van der Waals surface area contributed by atoms with Crippen molar-refractivity contribution in [1.82, 2.24) is 0 Å². The van der Waals surface area contributed by atoms with Crippen LogP contribution >= 0.6 is 11.8 Å². The van der Waals surface area contributed by atoms with Gasteiger partial charge in [0.1, 0.15) is 17.3 Å². The third kappa shape index (κ3) is 3.80. The first kappa shape index (κ1) is 23.3. The molecule has 4 rings (SSSR count). The van der Waals surface area contributed by atoms with E-state index in [2.05, 4.69) is 6.92 Å². The smallest absolute Gasteiger partial charge is 0.300 e. The molecule has 0 heterocycles. The molecule has 3 nitrogen and oxygen atoms in total. The van der Waals surface area contributed by atoms with E-state index in [0.717, 1.165) is 19.3 Å². The summed E-state index contributed by atoms with van der Waals surface area (Å²) in [5.74, 6) is 0.605. The number of carbonyl (C=O) groups is 3. The molecule has 4 aliphatic rings. The highest BCUT2D eigenvalue weighted by Gasteiger charge is 2.66. The molecule has 0 N–H and O–H groups in total. The number of thioether (sulfide) groups is 1. The van der Waals surface area contributed by atoms with Gasteiger partial charge < -0.3 is 0 Å². The average Bonchev–Trinajstić information content (AvgIpc) is 3.01. The van der Waals surface area contributed by atoms with Crippen LogP contribution in [0.1, 0.15) is 72.1 Å². The van der Waals surface area contributed by atoms with E-state index in [0.29, 0.717) is 32.1 Å². The summed E-state index contributed by atoms with van der Waals surface area (Å²) in [6.45, 7) is 6.16. The number of rotatable bonds is 4. The first-order valence-corrected chi connectivity index (χ1v) is 12.6. The minimum absolute atomic E-state index is 0.00673. The molecule has 0 amide bonds. The summed E-state index contributed by atoms with van der Waals surface area (Å²) in [6, 6.07) is 0. The molecule has 8 atom stereocenters. The fourth-order valence-corrected chi connectivity index (χ4v) is 8.67. The minimum Gasteiger partial charge on any atom is -0.300 e. The van der Waals surface area contributed by atoms with Gasteiger partial charge in [-0.1, -0.05) is 32.5 Å². The fraction of sp³-hybridized carbons (Fsp3) is 0.875. The highest BCUT2D eigenvalue weighted by molar-refractivity contribution is 8.00. The van der Waals surface area contributed by atoms with Gasteiger partial charge in [0, 0.05) is 42.8 Å². The van der Waals surface area contributed by atoms with Gasteiger partial charge in [-0.15, -0.1) is 0 Å². The third-order valence-electron chi connectivity index (χ3n) is 9.74. The standard InChI is InChI=1S/C24H33F3O3S/c1-13(7-9-31-24(25,26)27)16-4-5-17-21-18(12-20(30)23(16,17)3)22(2)8-6-15(28)10-14(22)11-19(21)29/h13-14,16-18,21H,4-12H2,1-3H3/t13-,14+,16-,17+,18+,21+,22+,23-/m1/s1. The van der Waals surface area contributed by atoms with Crippen molar-refractivity contribution in [3.05, 3.63) is 0 Å². The first-order valence-electron chi connectivity index (χ1n) is 11.7. The van der Waals surface area contributed by atoms with E-state index in [4.69, 9.17) is 0 Å². The Morgan fingerprint density at radius 2 is 1.77 bits per heavy atom. The molecule has 4 saturated carbocycles. The number of hydrogen-bond donors (Lipinski definition) is 0. The second kappa shape index (κ2) is 7.88. The van der Waals surface area contributed by atoms with Crippen molar-refractivity contribution >= 4 is 29.1 Å². The maximum atomic E-state index is 13.6. The van der Waals surface area contributed by atoms with Crippen LogP contribution in [0, 0.1) is 46.3 Å². The Kier molecular flexibility index (Phi) is 5.92.